The number of pyridine rings is 2. The predicted octanol–water partition coefficient (Wildman–Crippen LogP) is 5.14. The molecule has 204 valence electrons. The first-order valence-electron chi connectivity index (χ1n) is 12.0. The van der Waals surface area contributed by atoms with Gasteiger partial charge in [-0.15, -0.1) is 0 Å². The van der Waals surface area contributed by atoms with Crippen molar-refractivity contribution in [2.24, 2.45) is 0 Å². The molecule has 2 aromatic heterocycles. The van der Waals surface area contributed by atoms with Gasteiger partial charge in [0.05, 0.1) is 5.56 Å². The summed E-state index contributed by atoms with van der Waals surface area (Å²) in [6.45, 7) is 9.31. The molecule has 0 unspecified atom stereocenters. The Bertz CT molecular complexity index is 1400. The minimum Gasteiger partial charge on any atom is -0.296 e. The van der Waals surface area contributed by atoms with Gasteiger partial charge in [0.1, 0.15) is 5.82 Å². The number of anilines is 1. The third-order valence-electron chi connectivity index (χ3n) is 6.47. The van der Waals surface area contributed by atoms with E-state index in [0.29, 0.717) is 24.8 Å². The maximum Gasteiger partial charge on any atom is 0.418 e. The van der Waals surface area contributed by atoms with Crippen LogP contribution in [0.25, 0.3) is 11.1 Å². The molecular weight excluding hydrogens is 522 g/mol. The van der Waals surface area contributed by atoms with Crippen LogP contribution in [-0.2, 0) is 16.2 Å². The van der Waals surface area contributed by atoms with Crippen molar-refractivity contribution in [3.05, 3.63) is 71.8 Å². The van der Waals surface area contributed by atoms with Gasteiger partial charge < -0.3 is 0 Å². The number of aromatic nitrogens is 2. The fraction of sp³-hybridized carbons (Fsp3) is 0.385. The van der Waals surface area contributed by atoms with E-state index in [1.807, 2.05) is 0 Å². The van der Waals surface area contributed by atoms with Gasteiger partial charge in [0.2, 0.25) is 0 Å². The molecule has 3 heterocycles. The van der Waals surface area contributed by atoms with Crippen LogP contribution >= 0.6 is 0 Å². The summed E-state index contributed by atoms with van der Waals surface area (Å²) in [7, 11) is -4.36. The van der Waals surface area contributed by atoms with Gasteiger partial charge in [-0.05, 0) is 74.7 Å². The molecule has 0 atom stereocenters. The Balaban J connectivity index is 1.89. The van der Waals surface area contributed by atoms with E-state index in [9.17, 15) is 26.0 Å². The largest absolute Gasteiger partial charge is 0.418 e. The van der Waals surface area contributed by atoms with E-state index < -0.39 is 27.6 Å². The van der Waals surface area contributed by atoms with E-state index in [0.717, 1.165) is 22.6 Å². The summed E-state index contributed by atoms with van der Waals surface area (Å²) in [5, 5.41) is 1.27. The molecule has 7 nitrogen and oxygen atoms in total. The average molecular weight is 552 g/mol. The van der Waals surface area contributed by atoms with Crippen LogP contribution in [0.4, 0.5) is 23.4 Å². The summed E-state index contributed by atoms with van der Waals surface area (Å²) < 4.78 is 84.8. The van der Waals surface area contributed by atoms with Crippen molar-refractivity contribution in [1.29, 1.82) is 0 Å². The molecule has 1 fully saturated rings. The van der Waals surface area contributed by atoms with Crippen molar-refractivity contribution < 1.29 is 26.0 Å². The van der Waals surface area contributed by atoms with E-state index in [4.69, 9.17) is 0 Å². The third-order valence-corrected chi connectivity index (χ3v) is 8.12. The van der Waals surface area contributed by atoms with E-state index in [2.05, 4.69) is 35.6 Å². The van der Waals surface area contributed by atoms with Crippen LogP contribution in [0.1, 0.15) is 31.9 Å². The second-order valence-electron chi connectivity index (χ2n) is 10.1. The molecule has 0 bridgehead atoms. The Labute approximate surface area is 219 Å². The number of halogens is 4. The van der Waals surface area contributed by atoms with Gasteiger partial charge in [0.15, 0.2) is 10.8 Å². The molecule has 12 heteroatoms. The quantitative estimate of drug-likeness (QED) is 0.410. The van der Waals surface area contributed by atoms with E-state index in [1.165, 1.54) is 24.4 Å². The summed E-state index contributed by atoms with van der Waals surface area (Å²) in [6.07, 6.45) is -2.88. The second kappa shape index (κ2) is 10.2. The first-order valence-corrected chi connectivity index (χ1v) is 13.4. The number of benzene rings is 1. The van der Waals surface area contributed by atoms with Gasteiger partial charge in [-0.1, -0.05) is 12.1 Å². The number of alkyl halides is 3. The maximum atomic E-state index is 14.1. The summed E-state index contributed by atoms with van der Waals surface area (Å²) in [6, 6.07) is 8.98. The molecule has 0 N–H and O–H groups in total. The number of aryl methyl sites for hydroxylation is 1. The van der Waals surface area contributed by atoms with Gasteiger partial charge in [-0.2, -0.15) is 26.0 Å². The predicted molar refractivity (Wildman–Crippen MR) is 136 cm³/mol. The Morgan fingerprint density at radius 2 is 1.61 bits per heavy atom. The van der Waals surface area contributed by atoms with Crippen LogP contribution < -0.4 is 4.41 Å². The number of hydrogen-bond donors (Lipinski definition) is 0. The van der Waals surface area contributed by atoms with Gasteiger partial charge in [0, 0.05) is 44.1 Å². The number of piperazine rings is 1. The lowest BCUT2D eigenvalue weighted by Crippen LogP contribution is -2.59. The van der Waals surface area contributed by atoms with Crippen molar-refractivity contribution >= 4 is 15.8 Å². The molecule has 0 spiro atoms. The highest BCUT2D eigenvalue weighted by atomic mass is 32.2. The topological polar surface area (TPSA) is 69.6 Å². The molecule has 0 radical (unpaired) electrons. The summed E-state index contributed by atoms with van der Waals surface area (Å²) in [5.41, 5.74) is -1.22. The second-order valence-corrected chi connectivity index (χ2v) is 11.8. The van der Waals surface area contributed by atoms with Crippen LogP contribution in [-0.4, -0.2) is 60.0 Å². The summed E-state index contributed by atoms with van der Waals surface area (Å²) in [4.78, 5) is 10.1. The first kappa shape index (κ1) is 27.9. The highest BCUT2D eigenvalue weighted by Gasteiger charge is 2.39. The molecule has 1 aromatic carbocycles. The highest BCUT2D eigenvalue weighted by Crippen LogP contribution is 2.40. The zero-order chi connectivity index (χ0) is 27.9. The lowest BCUT2D eigenvalue weighted by molar-refractivity contribution is -0.137. The fourth-order valence-electron chi connectivity index (χ4n) is 4.44. The molecular formula is C26H29F4N5O2S. The van der Waals surface area contributed by atoms with Crippen molar-refractivity contribution in [1.82, 2.24) is 19.9 Å². The van der Waals surface area contributed by atoms with Crippen molar-refractivity contribution in [2.75, 3.05) is 30.6 Å². The van der Waals surface area contributed by atoms with Crippen molar-refractivity contribution in [2.45, 2.75) is 44.4 Å². The minimum absolute atomic E-state index is 0.00582. The van der Waals surface area contributed by atoms with E-state index in [1.54, 1.807) is 18.0 Å². The van der Waals surface area contributed by atoms with E-state index >= 15 is 0 Å². The SMILES string of the molecule is Cc1ccc(F)cc1-c1cc(N(N2CCN(C(C)(C)C)CC2)S(=O)(=O)c2ccccn2)ncc1C(F)(F)F. The van der Waals surface area contributed by atoms with Crippen LogP contribution in [0.15, 0.2) is 59.9 Å². The van der Waals surface area contributed by atoms with E-state index in [-0.39, 0.29) is 40.6 Å². The zero-order valence-corrected chi connectivity index (χ0v) is 22.3. The minimum atomic E-state index is -4.80. The third kappa shape index (κ3) is 5.67. The molecule has 0 aliphatic carbocycles. The lowest BCUT2D eigenvalue weighted by atomic mass is 9.97. The Hall–Kier alpha value is -3.09. The van der Waals surface area contributed by atoms with Gasteiger partial charge in [0.25, 0.3) is 10.0 Å². The van der Waals surface area contributed by atoms with Crippen LogP contribution in [0.5, 0.6) is 0 Å². The van der Waals surface area contributed by atoms with Crippen molar-refractivity contribution in [3.63, 3.8) is 0 Å². The highest BCUT2D eigenvalue weighted by molar-refractivity contribution is 7.92. The summed E-state index contributed by atoms with van der Waals surface area (Å²) in [5.74, 6) is -0.958. The molecule has 3 aromatic rings. The van der Waals surface area contributed by atoms with Crippen LogP contribution in [0, 0.1) is 12.7 Å². The van der Waals surface area contributed by atoms with Gasteiger partial charge >= 0.3 is 6.18 Å². The normalized spacial score (nSPS) is 16.0. The molecule has 4 rings (SSSR count). The molecule has 1 aliphatic heterocycles. The summed E-state index contributed by atoms with van der Waals surface area (Å²) >= 11 is 0. The molecule has 1 saturated heterocycles. The first-order chi connectivity index (χ1) is 17.7. The Morgan fingerprint density at radius 1 is 0.921 bits per heavy atom. The number of hydrazine groups is 1. The average Bonchev–Trinajstić information content (AvgIpc) is 2.85. The van der Waals surface area contributed by atoms with Gasteiger partial charge in [-0.25, -0.2) is 19.4 Å². The monoisotopic (exact) mass is 551 g/mol. The lowest BCUT2D eigenvalue weighted by Gasteiger charge is -2.45. The number of rotatable bonds is 5. The molecule has 38 heavy (non-hydrogen) atoms. The molecule has 0 amide bonds. The zero-order valence-electron chi connectivity index (χ0n) is 21.5. The standard InChI is InChI=1S/C26H29F4N5O2S/c1-18-8-9-19(27)15-20(18)21-16-23(32-17-22(21)26(28,29)30)35(38(36,37)24-7-5-6-10-31-24)34-13-11-33(12-14-34)25(2,3)4/h5-10,15-17H,11-14H2,1-4H3. The fourth-order valence-corrected chi connectivity index (χ4v) is 5.87. The van der Waals surface area contributed by atoms with Crippen molar-refractivity contribution in [3.8, 4) is 11.1 Å². The number of hydrogen-bond acceptors (Lipinski definition) is 6. The van der Waals surface area contributed by atoms with Crippen LogP contribution in [0.2, 0.25) is 0 Å². The Morgan fingerprint density at radius 3 is 2.18 bits per heavy atom. The maximum absolute atomic E-state index is 14.1. The Kier molecular flexibility index (Phi) is 7.52. The smallest absolute Gasteiger partial charge is 0.296 e. The molecule has 0 saturated carbocycles. The molecule has 1 aliphatic rings. The van der Waals surface area contributed by atoms with Gasteiger partial charge in [-0.3, -0.25) is 4.90 Å². The number of nitrogens with zero attached hydrogens (tertiary/aromatic N) is 5. The van der Waals surface area contributed by atoms with Crippen LogP contribution in [0.3, 0.4) is 0 Å². The number of sulfonamides is 1.